The van der Waals surface area contributed by atoms with Crippen LogP contribution in [0.15, 0.2) is 32.8 Å². The van der Waals surface area contributed by atoms with Gasteiger partial charge in [0.25, 0.3) is 23.6 Å². The lowest BCUT2D eigenvalue weighted by molar-refractivity contribution is -0.161. The third-order valence-corrected chi connectivity index (χ3v) is 9.29. The molecule has 3 aromatic rings. The topological polar surface area (TPSA) is 352 Å². The number of nitrogens with zero attached hydrogens (tertiary/aromatic N) is 7. The maximum absolute atomic E-state index is 13.2. The SMILES string of the molecule is CC(C)(O/N=C(\C(=O)N[C@@H]1C(=O)N(S(=O)(=O)O)[C@@H]1CNC(=O)c1cc([C@@H]2CCN(C(=O)c3cc(=O)c(O)cn3O)C2)no1)c1nsc(N)n1)C(=O)O. The lowest BCUT2D eigenvalue weighted by Gasteiger charge is -2.44. The molecule has 2 saturated heterocycles. The highest BCUT2D eigenvalue weighted by Crippen LogP contribution is 2.28. The Kier molecular flexibility index (Phi) is 9.90. The van der Waals surface area contributed by atoms with E-state index in [1.807, 2.05) is 0 Å². The normalized spacial score (nSPS) is 19.2. The molecule has 2 aliphatic heterocycles. The summed E-state index contributed by atoms with van der Waals surface area (Å²) >= 11 is 0.643. The summed E-state index contributed by atoms with van der Waals surface area (Å²) in [5.74, 6) is -7.67. The Hall–Kier alpha value is -6.15. The van der Waals surface area contributed by atoms with E-state index in [0.29, 0.717) is 28.9 Å². The first kappa shape index (κ1) is 37.1. The maximum Gasteiger partial charge on any atom is 0.362 e. The number of carboxylic acid groups (broad SMARTS) is 1. The van der Waals surface area contributed by atoms with Crippen LogP contribution >= 0.6 is 11.5 Å². The summed E-state index contributed by atoms with van der Waals surface area (Å²) in [6, 6.07) is -1.27. The number of carboxylic acids is 1. The number of aromatic hydroxyl groups is 1. The van der Waals surface area contributed by atoms with Gasteiger partial charge in [-0.1, -0.05) is 10.3 Å². The third-order valence-electron chi connectivity index (χ3n) is 7.80. The number of pyridine rings is 1. The first-order valence-corrected chi connectivity index (χ1v) is 16.8. The van der Waals surface area contributed by atoms with Crippen molar-refractivity contribution in [2.75, 3.05) is 25.4 Å². The van der Waals surface area contributed by atoms with Crippen molar-refractivity contribution >= 4 is 62.3 Å². The molecule has 4 amide bonds. The molecule has 3 aromatic heterocycles. The third kappa shape index (κ3) is 7.47. The predicted octanol–water partition coefficient (Wildman–Crippen LogP) is -2.65. The van der Waals surface area contributed by atoms with Crippen LogP contribution < -0.4 is 21.8 Å². The van der Waals surface area contributed by atoms with Crippen LogP contribution in [0.25, 0.3) is 0 Å². The number of β-lactam (4-membered cyclic amide) rings is 1. The molecule has 3 atom stereocenters. The van der Waals surface area contributed by atoms with Gasteiger partial charge < -0.3 is 46.0 Å². The molecular weight excluding hydrogens is 740 g/mol. The van der Waals surface area contributed by atoms with Gasteiger partial charge in [-0.3, -0.25) is 28.5 Å². The number of anilines is 1. The molecule has 0 aromatic carbocycles. The molecule has 26 heteroatoms. The van der Waals surface area contributed by atoms with Crippen molar-refractivity contribution in [3.63, 3.8) is 0 Å². The Morgan fingerprint density at radius 2 is 1.94 bits per heavy atom. The fourth-order valence-electron chi connectivity index (χ4n) is 4.98. The Balaban J connectivity index is 1.26. The van der Waals surface area contributed by atoms with Gasteiger partial charge in [-0.05, 0) is 20.3 Å². The van der Waals surface area contributed by atoms with Gasteiger partial charge in [0.2, 0.25) is 28.3 Å². The largest absolute Gasteiger partial charge is 0.503 e. The average Bonchev–Trinajstić information content (AvgIpc) is 3.84. The van der Waals surface area contributed by atoms with E-state index in [1.54, 1.807) is 0 Å². The summed E-state index contributed by atoms with van der Waals surface area (Å²) in [5.41, 5.74) is 1.87. The zero-order chi connectivity index (χ0) is 38.3. The number of hydrogen-bond donors (Lipinski definition) is 7. The van der Waals surface area contributed by atoms with Crippen LogP contribution in [0.2, 0.25) is 0 Å². The monoisotopic (exact) mass is 768 g/mol. The number of amides is 4. The van der Waals surface area contributed by atoms with E-state index >= 15 is 0 Å². The quantitative estimate of drug-likeness (QED) is 0.0325. The molecule has 8 N–H and O–H groups in total. The summed E-state index contributed by atoms with van der Waals surface area (Å²) in [7, 11) is -5.19. The summed E-state index contributed by atoms with van der Waals surface area (Å²) < 4.78 is 42.9. The van der Waals surface area contributed by atoms with Crippen LogP contribution in [0, 0.1) is 0 Å². The number of aromatic nitrogens is 4. The Bertz CT molecular complexity index is 2160. The summed E-state index contributed by atoms with van der Waals surface area (Å²) in [6.07, 6.45) is 1.02. The van der Waals surface area contributed by atoms with E-state index in [2.05, 4.69) is 30.3 Å². The van der Waals surface area contributed by atoms with Crippen molar-refractivity contribution in [1.29, 1.82) is 0 Å². The van der Waals surface area contributed by atoms with Crippen molar-refractivity contribution in [2.24, 2.45) is 5.16 Å². The Labute approximate surface area is 294 Å². The molecule has 0 spiro atoms. The van der Waals surface area contributed by atoms with Crippen molar-refractivity contribution in [2.45, 2.75) is 43.9 Å². The number of nitrogen functional groups attached to an aromatic ring is 1. The molecule has 5 heterocycles. The molecule has 278 valence electrons. The fourth-order valence-corrected chi connectivity index (χ4v) is 6.29. The van der Waals surface area contributed by atoms with Crippen molar-refractivity contribution < 1.29 is 61.7 Å². The number of nitrogens with one attached hydrogen (secondary N) is 2. The second-order valence-corrected chi connectivity index (χ2v) is 13.8. The molecule has 24 nitrogen and oxygen atoms in total. The van der Waals surface area contributed by atoms with E-state index < -0.39 is 98.5 Å². The fraction of sp³-hybridized carbons (Fsp3) is 0.385. The molecule has 2 fully saturated rings. The van der Waals surface area contributed by atoms with Gasteiger partial charge in [-0.2, -0.15) is 22.5 Å². The van der Waals surface area contributed by atoms with Crippen LogP contribution in [-0.4, -0.2) is 129 Å². The minimum Gasteiger partial charge on any atom is -0.503 e. The highest BCUT2D eigenvalue weighted by Gasteiger charge is 2.54. The number of oxime groups is 1. The second-order valence-electron chi connectivity index (χ2n) is 11.7. The molecule has 0 saturated carbocycles. The summed E-state index contributed by atoms with van der Waals surface area (Å²) in [4.78, 5) is 85.1. The number of carbonyl (C=O) groups is 5. The minimum atomic E-state index is -5.19. The van der Waals surface area contributed by atoms with E-state index in [0.717, 1.165) is 19.9 Å². The van der Waals surface area contributed by atoms with Crippen LogP contribution in [0.4, 0.5) is 5.13 Å². The Morgan fingerprint density at radius 1 is 1.23 bits per heavy atom. The molecule has 0 bridgehead atoms. The second kappa shape index (κ2) is 13.9. The van der Waals surface area contributed by atoms with Gasteiger partial charge in [-0.15, -0.1) is 0 Å². The van der Waals surface area contributed by atoms with Gasteiger partial charge in [-0.25, -0.2) is 9.10 Å². The van der Waals surface area contributed by atoms with Gasteiger partial charge in [0.05, 0.1) is 17.9 Å². The van der Waals surface area contributed by atoms with Crippen molar-refractivity contribution in [3.8, 4) is 5.75 Å². The lowest BCUT2D eigenvalue weighted by Crippen LogP contribution is -2.74. The van der Waals surface area contributed by atoms with E-state index in [1.165, 1.54) is 11.0 Å². The van der Waals surface area contributed by atoms with Crippen molar-refractivity contribution in [1.82, 2.24) is 39.1 Å². The number of likely N-dealkylation sites (tertiary alicyclic amines) is 1. The van der Waals surface area contributed by atoms with Crippen molar-refractivity contribution in [3.05, 3.63) is 51.5 Å². The first-order valence-electron chi connectivity index (χ1n) is 14.7. The van der Waals surface area contributed by atoms with Gasteiger partial charge >= 0.3 is 16.3 Å². The van der Waals surface area contributed by atoms with E-state index in [9.17, 15) is 57.2 Å². The van der Waals surface area contributed by atoms with Crippen LogP contribution in [-0.2, 0) is 29.5 Å². The predicted molar refractivity (Wildman–Crippen MR) is 169 cm³/mol. The molecule has 5 rings (SSSR count). The number of hydrogen-bond acceptors (Lipinski definition) is 18. The molecule has 0 radical (unpaired) electrons. The van der Waals surface area contributed by atoms with Gasteiger partial charge in [0.15, 0.2) is 10.9 Å². The average molecular weight is 769 g/mol. The maximum atomic E-state index is 13.2. The molecular formula is C26H28N10O14S2. The molecule has 2 aliphatic rings. The smallest absolute Gasteiger partial charge is 0.362 e. The first-order chi connectivity index (χ1) is 24.3. The number of aliphatic carboxylic acids is 1. The number of carbonyl (C=O) groups excluding carboxylic acids is 4. The number of nitrogens with two attached hydrogens (primary N) is 1. The molecule has 0 aliphatic carbocycles. The summed E-state index contributed by atoms with van der Waals surface area (Å²) in [5, 5.41) is 40.5. The molecule has 0 unspecified atom stereocenters. The highest BCUT2D eigenvalue weighted by molar-refractivity contribution is 7.84. The van der Waals surface area contributed by atoms with Crippen LogP contribution in [0.5, 0.6) is 5.75 Å². The minimum absolute atomic E-state index is 0.00802. The van der Waals surface area contributed by atoms with Crippen LogP contribution in [0.1, 0.15) is 58.7 Å². The van der Waals surface area contributed by atoms with E-state index in [-0.39, 0.29) is 34.0 Å². The Morgan fingerprint density at radius 3 is 2.58 bits per heavy atom. The standard InChI is InChI=1S/C26H28N10O14S2/c1-26(2,24(43)44)50-32-18(19-30-25(27)51-33-19)21(40)29-17-13(36(23(17)42)52(46,47)48)7-28-20(39)16-5-11(31-49-16)10-3-4-34(8-10)22(41)12-6-14(37)15(38)9-35(12)45/h5-6,9-10,13,17,38,45H,3-4,7-8H2,1-2H3,(H,28,39)(H,29,40)(H,43,44)(H2,27,30,33)(H,46,47,48)/b32-18-/t10-,13-,17+/m1/s1. The van der Waals surface area contributed by atoms with E-state index in [4.69, 9.17) is 15.1 Å². The lowest BCUT2D eigenvalue weighted by atomic mass is 9.98. The molecule has 52 heavy (non-hydrogen) atoms. The van der Waals surface area contributed by atoms with Gasteiger partial charge in [0.1, 0.15) is 11.7 Å². The van der Waals surface area contributed by atoms with Crippen LogP contribution in [0.3, 0.4) is 0 Å². The van der Waals surface area contributed by atoms with Gasteiger partial charge in [0, 0.05) is 49.2 Å². The zero-order valence-electron chi connectivity index (χ0n) is 26.7. The number of rotatable bonds is 12. The highest BCUT2D eigenvalue weighted by atomic mass is 32.2. The zero-order valence-corrected chi connectivity index (χ0v) is 28.3. The summed E-state index contributed by atoms with van der Waals surface area (Å²) in [6.45, 7) is 1.77.